The second-order valence-electron chi connectivity index (χ2n) is 4.51. The summed E-state index contributed by atoms with van der Waals surface area (Å²) in [5.74, 6) is 1.01. The standard InChI is InChI=1S/C16H21N3/c1-3-19(4-2)15-11-10-14(12-18-15)16(17)13-8-6-5-7-9-13/h5-12,16H,3-4,17H2,1-2H3/t16-/m0/s1. The van der Waals surface area contributed by atoms with Crippen LogP contribution in [0.5, 0.6) is 0 Å². The fraction of sp³-hybridized carbons (Fsp3) is 0.312. The average molecular weight is 255 g/mol. The summed E-state index contributed by atoms with van der Waals surface area (Å²) in [6.45, 7) is 6.20. The zero-order valence-corrected chi connectivity index (χ0v) is 11.6. The van der Waals surface area contributed by atoms with Crippen molar-refractivity contribution in [2.75, 3.05) is 18.0 Å². The SMILES string of the molecule is CCN(CC)c1ccc([C@@H](N)c2ccccc2)cn1. The van der Waals surface area contributed by atoms with Gasteiger partial charge >= 0.3 is 0 Å². The van der Waals surface area contributed by atoms with Crippen molar-refractivity contribution in [1.82, 2.24) is 4.98 Å². The summed E-state index contributed by atoms with van der Waals surface area (Å²) in [7, 11) is 0. The zero-order valence-electron chi connectivity index (χ0n) is 11.6. The summed E-state index contributed by atoms with van der Waals surface area (Å²) in [4.78, 5) is 6.73. The highest BCUT2D eigenvalue weighted by atomic mass is 15.2. The lowest BCUT2D eigenvalue weighted by Crippen LogP contribution is -2.23. The molecule has 0 spiro atoms. The Kier molecular flexibility index (Phi) is 4.53. The van der Waals surface area contributed by atoms with Gasteiger partial charge in [0.25, 0.3) is 0 Å². The van der Waals surface area contributed by atoms with E-state index in [0.29, 0.717) is 0 Å². The first-order chi connectivity index (χ1) is 9.26. The predicted molar refractivity (Wildman–Crippen MR) is 80.3 cm³/mol. The molecule has 0 aliphatic heterocycles. The van der Waals surface area contributed by atoms with E-state index in [0.717, 1.165) is 30.0 Å². The van der Waals surface area contributed by atoms with E-state index in [-0.39, 0.29) is 6.04 Å². The van der Waals surface area contributed by atoms with E-state index in [1.54, 1.807) is 0 Å². The van der Waals surface area contributed by atoms with Gasteiger partial charge in [0.05, 0.1) is 6.04 Å². The van der Waals surface area contributed by atoms with Gasteiger partial charge in [0, 0.05) is 19.3 Å². The first-order valence-electron chi connectivity index (χ1n) is 6.77. The fourth-order valence-corrected chi connectivity index (χ4v) is 2.17. The Morgan fingerprint density at radius 2 is 1.68 bits per heavy atom. The molecule has 0 saturated carbocycles. The molecule has 1 aromatic heterocycles. The van der Waals surface area contributed by atoms with Gasteiger partial charge in [-0.3, -0.25) is 0 Å². The molecule has 3 nitrogen and oxygen atoms in total. The molecule has 0 bridgehead atoms. The molecule has 1 atom stereocenters. The lowest BCUT2D eigenvalue weighted by Gasteiger charge is -2.20. The minimum absolute atomic E-state index is 0.112. The van der Waals surface area contributed by atoms with E-state index >= 15 is 0 Å². The van der Waals surface area contributed by atoms with Gasteiger partial charge in [0.2, 0.25) is 0 Å². The molecule has 0 fully saturated rings. The summed E-state index contributed by atoms with van der Waals surface area (Å²) in [5, 5.41) is 0. The van der Waals surface area contributed by atoms with Crippen molar-refractivity contribution in [3.05, 3.63) is 59.8 Å². The third-order valence-corrected chi connectivity index (χ3v) is 3.38. The van der Waals surface area contributed by atoms with Gasteiger partial charge in [-0.1, -0.05) is 36.4 Å². The van der Waals surface area contributed by atoms with Gasteiger partial charge in [-0.05, 0) is 31.0 Å². The van der Waals surface area contributed by atoms with Gasteiger partial charge in [0.1, 0.15) is 5.82 Å². The van der Waals surface area contributed by atoms with E-state index in [1.807, 2.05) is 42.6 Å². The van der Waals surface area contributed by atoms with E-state index < -0.39 is 0 Å². The van der Waals surface area contributed by atoms with Crippen LogP contribution in [0.4, 0.5) is 5.82 Å². The molecule has 2 N–H and O–H groups in total. The van der Waals surface area contributed by atoms with Gasteiger partial charge in [-0.2, -0.15) is 0 Å². The minimum Gasteiger partial charge on any atom is -0.357 e. The normalized spacial score (nSPS) is 12.2. The quantitative estimate of drug-likeness (QED) is 0.893. The van der Waals surface area contributed by atoms with Crippen molar-refractivity contribution in [3.8, 4) is 0 Å². The molecule has 1 heterocycles. The second kappa shape index (κ2) is 6.34. The first-order valence-corrected chi connectivity index (χ1v) is 6.77. The smallest absolute Gasteiger partial charge is 0.128 e. The van der Waals surface area contributed by atoms with Crippen LogP contribution in [-0.4, -0.2) is 18.1 Å². The van der Waals surface area contributed by atoms with Crippen LogP contribution in [0.2, 0.25) is 0 Å². The van der Waals surface area contributed by atoms with Crippen molar-refractivity contribution in [2.24, 2.45) is 5.73 Å². The number of anilines is 1. The largest absolute Gasteiger partial charge is 0.357 e. The summed E-state index contributed by atoms with van der Waals surface area (Å²) in [6.07, 6.45) is 1.88. The van der Waals surface area contributed by atoms with Crippen molar-refractivity contribution < 1.29 is 0 Å². The van der Waals surface area contributed by atoms with Crippen LogP contribution in [0.1, 0.15) is 31.0 Å². The number of nitrogens with zero attached hydrogens (tertiary/aromatic N) is 2. The average Bonchev–Trinajstić information content (AvgIpc) is 2.49. The lowest BCUT2D eigenvalue weighted by molar-refractivity contribution is 0.830. The number of hydrogen-bond donors (Lipinski definition) is 1. The number of rotatable bonds is 5. The molecule has 2 aromatic rings. The van der Waals surface area contributed by atoms with Crippen LogP contribution in [0.15, 0.2) is 48.7 Å². The summed E-state index contributed by atoms with van der Waals surface area (Å²) in [5.41, 5.74) is 8.41. The monoisotopic (exact) mass is 255 g/mol. The Balaban J connectivity index is 2.19. The number of aromatic nitrogens is 1. The second-order valence-corrected chi connectivity index (χ2v) is 4.51. The maximum absolute atomic E-state index is 6.25. The molecular weight excluding hydrogens is 234 g/mol. The van der Waals surface area contributed by atoms with Crippen molar-refractivity contribution in [3.63, 3.8) is 0 Å². The van der Waals surface area contributed by atoms with Gasteiger partial charge in [-0.25, -0.2) is 4.98 Å². The van der Waals surface area contributed by atoms with E-state index in [4.69, 9.17) is 5.73 Å². The van der Waals surface area contributed by atoms with Crippen LogP contribution in [0, 0.1) is 0 Å². The maximum atomic E-state index is 6.25. The molecule has 0 aliphatic carbocycles. The summed E-state index contributed by atoms with van der Waals surface area (Å²) < 4.78 is 0. The number of hydrogen-bond acceptors (Lipinski definition) is 3. The number of pyridine rings is 1. The highest BCUT2D eigenvalue weighted by Gasteiger charge is 2.10. The Morgan fingerprint density at radius 1 is 1.00 bits per heavy atom. The van der Waals surface area contributed by atoms with E-state index in [1.165, 1.54) is 0 Å². The maximum Gasteiger partial charge on any atom is 0.128 e. The zero-order chi connectivity index (χ0) is 13.7. The van der Waals surface area contributed by atoms with Crippen LogP contribution in [-0.2, 0) is 0 Å². The van der Waals surface area contributed by atoms with Crippen LogP contribution < -0.4 is 10.6 Å². The van der Waals surface area contributed by atoms with Gasteiger partial charge in [-0.15, -0.1) is 0 Å². The first kappa shape index (κ1) is 13.6. The molecule has 100 valence electrons. The molecule has 19 heavy (non-hydrogen) atoms. The Labute approximate surface area is 115 Å². The third kappa shape index (κ3) is 3.12. The van der Waals surface area contributed by atoms with Gasteiger partial charge < -0.3 is 10.6 Å². The van der Waals surface area contributed by atoms with Crippen LogP contribution in [0.25, 0.3) is 0 Å². The Hall–Kier alpha value is -1.87. The van der Waals surface area contributed by atoms with Crippen molar-refractivity contribution in [1.29, 1.82) is 0 Å². The molecule has 0 amide bonds. The summed E-state index contributed by atoms with van der Waals surface area (Å²) >= 11 is 0. The minimum atomic E-state index is -0.112. The highest BCUT2D eigenvalue weighted by molar-refractivity contribution is 5.41. The lowest BCUT2D eigenvalue weighted by atomic mass is 10.0. The predicted octanol–water partition coefficient (Wildman–Crippen LogP) is 2.98. The van der Waals surface area contributed by atoms with Gasteiger partial charge in [0.15, 0.2) is 0 Å². The Morgan fingerprint density at radius 3 is 2.21 bits per heavy atom. The molecule has 0 saturated heterocycles. The molecule has 0 radical (unpaired) electrons. The van der Waals surface area contributed by atoms with Crippen LogP contribution in [0.3, 0.4) is 0 Å². The fourth-order valence-electron chi connectivity index (χ4n) is 2.17. The highest BCUT2D eigenvalue weighted by Crippen LogP contribution is 2.20. The van der Waals surface area contributed by atoms with E-state index in [9.17, 15) is 0 Å². The molecular formula is C16H21N3. The topological polar surface area (TPSA) is 42.1 Å². The number of nitrogens with two attached hydrogens (primary N) is 1. The molecule has 1 aromatic carbocycles. The van der Waals surface area contributed by atoms with Crippen molar-refractivity contribution >= 4 is 5.82 Å². The molecule has 0 aliphatic rings. The van der Waals surface area contributed by atoms with Crippen molar-refractivity contribution in [2.45, 2.75) is 19.9 Å². The Bertz CT molecular complexity index is 489. The van der Waals surface area contributed by atoms with Crippen LogP contribution >= 0.6 is 0 Å². The number of benzene rings is 1. The van der Waals surface area contributed by atoms with E-state index in [2.05, 4.69) is 29.8 Å². The summed E-state index contributed by atoms with van der Waals surface area (Å²) in [6, 6.07) is 14.1. The molecule has 2 rings (SSSR count). The third-order valence-electron chi connectivity index (χ3n) is 3.38. The molecule has 0 unspecified atom stereocenters. The molecule has 3 heteroatoms.